The van der Waals surface area contributed by atoms with E-state index < -0.39 is 6.10 Å². The third kappa shape index (κ3) is 5.02. The number of aliphatic hydroxyl groups is 1. The fourth-order valence-corrected chi connectivity index (χ4v) is 3.75. The molecule has 0 radical (unpaired) electrons. The third-order valence-corrected chi connectivity index (χ3v) is 5.83. The molecule has 2 atom stereocenters. The third-order valence-electron chi connectivity index (χ3n) is 5.83. The van der Waals surface area contributed by atoms with Crippen molar-refractivity contribution in [3.8, 4) is 11.1 Å². The molecule has 0 fully saturated rings. The van der Waals surface area contributed by atoms with E-state index in [1.165, 1.54) is 0 Å². The Kier molecular flexibility index (Phi) is 6.38. The molecule has 4 aromatic rings. The Morgan fingerprint density at radius 2 is 1.73 bits per heavy atom. The fourth-order valence-electron chi connectivity index (χ4n) is 3.75. The average Bonchev–Trinajstić information content (AvgIpc) is 3.24. The molecule has 4 rings (SSSR count). The molecule has 6 heteroatoms. The Hall–Kier alpha value is -3.77. The molecule has 2 N–H and O–H groups in total. The number of carbonyl (C=O) groups is 1. The maximum absolute atomic E-state index is 13.2. The second-order valence-electron chi connectivity index (χ2n) is 8.47. The number of aliphatic hydroxyl groups excluding tert-OH is 1. The van der Waals surface area contributed by atoms with E-state index in [0.717, 1.165) is 27.9 Å². The number of hydrogen-bond acceptors (Lipinski definition) is 4. The Morgan fingerprint density at radius 3 is 2.36 bits per heavy atom. The van der Waals surface area contributed by atoms with Gasteiger partial charge in [0.25, 0.3) is 5.91 Å². The van der Waals surface area contributed by atoms with Crippen LogP contribution in [0.2, 0.25) is 0 Å². The maximum Gasteiger partial charge on any atom is 0.251 e. The van der Waals surface area contributed by atoms with Crippen LogP contribution in [0, 0.1) is 13.8 Å². The first-order valence-corrected chi connectivity index (χ1v) is 10.9. The van der Waals surface area contributed by atoms with Gasteiger partial charge in [-0.3, -0.25) is 9.78 Å². The van der Waals surface area contributed by atoms with Gasteiger partial charge in [-0.05, 0) is 67.3 Å². The van der Waals surface area contributed by atoms with Gasteiger partial charge in [0.15, 0.2) is 0 Å². The summed E-state index contributed by atoms with van der Waals surface area (Å²) in [7, 11) is 1.83. The van der Waals surface area contributed by atoms with Gasteiger partial charge in [-0.15, -0.1) is 0 Å². The van der Waals surface area contributed by atoms with Crippen LogP contribution in [0.25, 0.3) is 11.1 Å². The molecule has 0 aliphatic rings. The van der Waals surface area contributed by atoms with Gasteiger partial charge in [-0.25, -0.2) is 4.98 Å². The van der Waals surface area contributed by atoms with E-state index in [4.69, 9.17) is 0 Å². The Bertz CT molecular complexity index is 1260. The van der Waals surface area contributed by atoms with Crippen molar-refractivity contribution in [3.63, 3.8) is 0 Å². The highest BCUT2D eigenvalue weighted by Crippen LogP contribution is 2.29. The molecule has 1 amide bonds. The molecule has 0 saturated heterocycles. The SMILES string of the molecule is Cc1ccc(-c2cc(C(=O)N[C@H](C)c3ccc(C)nc3)cc(C(O)c3cncn3C)c2)cc1. The molecule has 0 aliphatic carbocycles. The van der Waals surface area contributed by atoms with Gasteiger partial charge in [-0.2, -0.15) is 0 Å². The highest BCUT2D eigenvalue weighted by atomic mass is 16.3. The summed E-state index contributed by atoms with van der Waals surface area (Å²) in [5.41, 5.74) is 6.62. The quantitative estimate of drug-likeness (QED) is 0.457. The molecular weight excluding hydrogens is 412 g/mol. The number of nitrogens with one attached hydrogen (secondary N) is 1. The van der Waals surface area contributed by atoms with Crippen molar-refractivity contribution in [1.82, 2.24) is 19.9 Å². The molecule has 2 aromatic heterocycles. The summed E-state index contributed by atoms with van der Waals surface area (Å²) >= 11 is 0. The average molecular weight is 441 g/mol. The molecule has 0 saturated carbocycles. The van der Waals surface area contributed by atoms with Crippen molar-refractivity contribution in [3.05, 3.63) is 107 Å². The van der Waals surface area contributed by atoms with Crippen molar-refractivity contribution in [1.29, 1.82) is 0 Å². The molecule has 1 unspecified atom stereocenters. The van der Waals surface area contributed by atoms with Crippen LogP contribution in [0.1, 0.15) is 57.5 Å². The molecule has 6 nitrogen and oxygen atoms in total. The molecule has 0 aliphatic heterocycles. The van der Waals surface area contributed by atoms with E-state index >= 15 is 0 Å². The summed E-state index contributed by atoms with van der Waals surface area (Å²) in [6.45, 7) is 5.89. The number of benzene rings is 2. The summed E-state index contributed by atoms with van der Waals surface area (Å²) in [6, 6.07) is 17.3. The first-order chi connectivity index (χ1) is 15.8. The lowest BCUT2D eigenvalue weighted by molar-refractivity contribution is 0.0939. The smallest absolute Gasteiger partial charge is 0.251 e. The monoisotopic (exact) mass is 440 g/mol. The summed E-state index contributed by atoms with van der Waals surface area (Å²) in [6.07, 6.45) is 4.15. The molecule has 33 heavy (non-hydrogen) atoms. The number of amides is 1. The van der Waals surface area contributed by atoms with Crippen molar-refractivity contribution in [2.24, 2.45) is 7.05 Å². The van der Waals surface area contributed by atoms with Crippen molar-refractivity contribution in [2.75, 3.05) is 0 Å². The lowest BCUT2D eigenvalue weighted by Gasteiger charge is -2.18. The molecule has 2 heterocycles. The minimum Gasteiger partial charge on any atom is -0.382 e. The Balaban J connectivity index is 1.70. The van der Waals surface area contributed by atoms with Gasteiger partial charge >= 0.3 is 0 Å². The summed E-state index contributed by atoms with van der Waals surface area (Å²) < 4.78 is 1.77. The summed E-state index contributed by atoms with van der Waals surface area (Å²) in [5, 5.41) is 14.1. The van der Waals surface area contributed by atoms with Crippen LogP contribution >= 0.6 is 0 Å². The molecular formula is C27H28N4O2. The lowest BCUT2D eigenvalue weighted by atomic mass is 9.95. The number of hydrogen-bond donors (Lipinski definition) is 2. The summed E-state index contributed by atoms with van der Waals surface area (Å²) in [4.78, 5) is 21.7. The van der Waals surface area contributed by atoms with Crippen LogP contribution in [-0.4, -0.2) is 25.5 Å². The Morgan fingerprint density at radius 1 is 0.970 bits per heavy atom. The first kappa shape index (κ1) is 22.4. The number of imidazole rings is 1. The van der Waals surface area contributed by atoms with Gasteiger partial charge in [0.2, 0.25) is 0 Å². The maximum atomic E-state index is 13.2. The number of carbonyl (C=O) groups excluding carboxylic acids is 1. The zero-order valence-electron chi connectivity index (χ0n) is 19.3. The summed E-state index contributed by atoms with van der Waals surface area (Å²) in [5.74, 6) is -0.213. The van der Waals surface area contributed by atoms with E-state index in [-0.39, 0.29) is 11.9 Å². The van der Waals surface area contributed by atoms with E-state index in [1.54, 1.807) is 29.4 Å². The van der Waals surface area contributed by atoms with Crippen LogP contribution in [0.4, 0.5) is 0 Å². The van der Waals surface area contributed by atoms with Crippen LogP contribution in [0.15, 0.2) is 73.3 Å². The van der Waals surface area contributed by atoms with Crippen molar-refractivity contribution >= 4 is 5.91 Å². The van der Waals surface area contributed by atoms with Gasteiger partial charge < -0.3 is 15.0 Å². The predicted molar refractivity (Wildman–Crippen MR) is 129 cm³/mol. The molecule has 168 valence electrons. The zero-order chi connectivity index (χ0) is 23.5. The van der Waals surface area contributed by atoms with Crippen LogP contribution in [0.3, 0.4) is 0 Å². The highest BCUT2D eigenvalue weighted by Gasteiger charge is 2.19. The second-order valence-corrected chi connectivity index (χ2v) is 8.47. The van der Waals surface area contributed by atoms with Crippen molar-refractivity contribution in [2.45, 2.75) is 32.9 Å². The lowest BCUT2D eigenvalue weighted by Crippen LogP contribution is -2.27. The van der Waals surface area contributed by atoms with E-state index in [9.17, 15) is 9.90 Å². The second kappa shape index (κ2) is 9.38. The van der Waals surface area contributed by atoms with E-state index in [2.05, 4.69) is 15.3 Å². The van der Waals surface area contributed by atoms with Gasteiger partial charge in [0.1, 0.15) is 6.10 Å². The number of aryl methyl sites for hydroxylation is 3. The van der Waals surface area contributed by atoms with Crippen LogP contribution < -0.4 is 5.32 Å². The van der Waals surface area contributed by atoms with Crippen molar-refractivity contribution < 1.29 is 9.90 Å². The molecule has 0 spiro atoms. The first-order valence-electron chi connectivity index (χ1n) is 10.9. The number of aromatic nitrogens is 3. The minimum absolute atomic E-state index is 0.209. The topological polar surface area (TPSA) is 80.0 Å². The highest BCUT2D eigenvalue weighted by molar-refractivity contribution is 5.96. The van der Waals surface area contributed by atoms with E-state index in [0.29, 0.717) is 16.8 Å². The normalized spacial score (nSPS) is 12.9. The Labute approximate surface area is 194 Å². The minimum atomic E-state index is -0.909. The standard InChI is InChI=1S/C27H28N4O2/c1-17-5-8-20(9-6-17)22-11-23(26(32)25-15-28-16-31(25)4)13-24(12-22)27(33)30-19(3)21-10-7-18(2)29-14-21/h5-16,19,26,32H,1-4H3,(H,30,33)/t19-,26?/m1/s1. The van der Waals surface area contributed by atoms with E-state index in [1.807, 2.05) is 76.3 Å². The number of nitrogens with zero attached hydrogens (tertiary/aromatic N) is 3. The van der Waals surface area contributed by atoms with Crippen LogP contribution in [0.5, 0.6) is 0 Å². The fraction of sp³-hybridized carbons (Fsp3) is 0.222. The molecule has 2 aromatic carbocycles. The van der Waals surface area contributed by atoms with Gasteiger partial charge in [0.05, 0.1) is 24.3 Å². The predicted octanol–water partition coefficient (Wildman–Crippen LogP) is 4.67. The zero-order valence-corrected chi connectivity index (χ0v) is 19.3. The molecule has 0 bridgehead atoms. The number of pyridine rings is 1. The van der Waals surface area contributed by atoms with Gasteiger partial charge in [0, 0.05) is 24.5 Å². The number of rotatable bonds is 6. The van der Waals surface area contributed by atoms with Crippen LogP contribution in [-0.2, 0) is 7.05 Å². The largest absolute Gasteiger partial charge is 0.382 e. The van der Waals surface area contributed by atoms with Gasteiger partial charge in [-0.1, -0.05) is 35.9 Å².